The molecule has 6 aromatic rings. The van der Waals surface area contributed by atoms with Gasteiger partial charge in [0.25, 0.3) is 0 Å². The first-order valence-corrected chi connectivity index (χ1v) is 19.5. The van der Waals surface area contributed by atoms with Gasteiger partial charge in [-0.3, -0.25) is 14.4 Å². The Morgan fingerprint density at radius 1 is 0.375 bits per heavy atom. The Morgan fingerprint density at radius 3 is 0.750 bits per heavy atom. The van der Waals surface area contributed by atoms with Crippen LogP contribution < -0.4 is 14.2 Å². The number of aryl methyl sites for hydroxylation is 6. The van der Waals surface area contributed by atoms with E-state index in [2.05, 4.69) is 36.4 Å². The van der Waals surface area contributed by atoms with Crippen molar-refractivity contribution in [3.8, 4) is 44.5 Å². The van der Waals surface area contributed by atoms with Crippen molar-refractivity contribution >= 4 is 86.9 Å². The number of thiophene rings is 6. The van der Waals surface area contributed by atoms with Crippen LogP contribution in [0.2, 0.25) is 0 Å². The van der Waals surface area contributed by atoms with Gasteiger partial charge in [0.05, 0.1) is 36.0 Å². The van der Waals surface area contributed by atoms with Gasteiger partial charge in [-0.1, -0.05) is 34.0 Å². The van der Waals surface area contributed by atoms with E-state index in [0.717, 1.165) is 111 Å². The Hall–Kier alpha value is -3.39. The summed E-state index contributed by atoms with van der Waals surface area (Å²) in [7, 11) is 5.04. The second-order valence-corrected chi connectivity index (χ2v) is 17.0. The van der Waals surface area contributed by atoms with Gasteiger partial charge in [-0.05, 0) is 94.6 Å². The highest BCUT2D eigenvalue weighted by Gasteiger charge is 2.14. The van der Waals surface area contributed by atoms with Crippen LogP contribution in [0.15, 0.2) is 36.4 Å². The maximum atomic E-state index is 10.8. The van der Waals surface area contributed by atoms with E-state index in [4.69, 9.17) is 14.2 Å². The van der Waals surface area contributed by atoms with E-state index >= 15 is 0 Å². The van der Waals surface area contributed by atoms with E-state index in [1.54, 1.807) is 55.3 Å². The molecule has 0 aromatic carbocycles. The van der Waals surface area contributed by atoms with Gasteiger partial charge >= 0.3 is 0 Å². The van der Waals surface area contributed by atoms with Crippen LogP contribution in [0.1, 0.15) is 62.4 Å². The summed E-state index contributed by atoms with van der Waals surface area (Å²) in [5.74, 6) is 0. The zero-order chi connectivity index (χ0) is 35.1. The van der Waals surface area contributed by atoms with Gasteiger partial charge in [0, 0.05) is 46.0 Å². The van der Waals surface area contributed by atoms with Crippen molar-refractivity contribution in [2.75, 3.05) is 21.3 Å². The van der Waals surface area contributed by atoms with Gasteiger partial charge in [0.2, 0.25) is 0 Å². The van der Waals surface area contributed by atoms with E-state index in [-0.39, 0.29) is 0 Å². The fraction of sp³-hybridized carbons (Fsp3) is 0.250. The van der Waals surface area contributed by atoms with Crippen molar-refractivity contribution in [3.63, 3.8) is 0 Å². The fourth-order valence-corrected chi connectivity index (χ4v) is 10.7. The number of hydrogen-bond acceptors (Lipinski definition) is 12. The van der Waals surface area contributed by atoms with Crippen LogP contribution >= 0.6 is 68.0 Å². The molecular weight excluding hydrogens is 721 g/mol. The zero-order valence-corrected chi connectivity index (χ0v) is 33.0. The molecule has 0 N–H and O–H groups in total. The Labute approximate surface area is 305 Å². The number of aldehydes is 3. The summed E-state index contributed by atoms with van der Waals surface area (Å²) in [4.78, 5) is 41.7. The molecule has 0 saturated heterocycles. The molecule has 0 aliphatic heterocycles. The summed E-state index contributed by atoms with van der Waals surface area (Å²) < 4.78 is 15.8. The van der Waals surface area contributed by atoms with Crippen LogP contribution in [0.4, 0.5) is 0 Å². The van der Waals surface area contributed by atoms with Crippen LogP contribution in [0, 0.1) is 41.5 Å². The summed E-state index contributed by atoms with van der Waals surface area (Å²) in [5.41, 5.74) is 6.55. The van der Waals surface area contributed by atoms with Crippen molar-refractivity contribution in [2.45, 2.75) is 41.5 Å². The number of ether oxygens (including phenoxy) is 3. The van der Waals surface area contributed by atoms with E-state index in [0.29, 0.717) is 0 Å². The van der Waals surface area contributed by atoms with E-state index in [9.17, 15) is 14.4 Å². The van der Waals surface area contributed by atoms with Gasteiger partial charge in [0.1, 0.15) is 0 Å². The fourth-order valence-electron chi connectivity index (χ4n) is 4.57. The molecule has 0 aliphatic rings. The molecule has 0 atom stereocenters. The number of hydrogen-bond donors (Lipinski definition) is 0. The minimum atomic E-state index is 0.806. The predicted molar refractivity (Wildman–Crippen MR) is 207 cm³/mol. The SMILES string of the molecule is COc1sc(-c2cc(C)c(C=O)s2)cc1C.COc1sc(-c2cc(C)c(C=O)s2)cc1C.COc1sc(-c2cc(C)c(C=O)s2)cc1C. The number of methoxy groups -OCH3 is 3. The molecule has 0 radical (unpaired) electrons. The molecule has 6 rings (SSSR count). The third-order valence-corrected chi connectivity index (χ3v) is 14.8. The lowest BCUT2D eigenvalue weighted by molar-refractivity contribution is 0.111. The Morgan fingerprint density at radius 2 is 0.583 bits per heavy atom. The van der Waals surface area contributed by atoms with Gasteiger partial charge in [0.15, 0.2) is 34.0 Å². The topological polar surface area (TPSA) is 78.9 Å². The molecule has 6 heterocycles. The second-order valence-electron chi connectivity index (χ2n) is 10.7. The van der Waals surface area contributed by atoms with Crippen LogP contribution in [0.25, 0.3) is 29.3 Å². The van der Waals surface area contributed by atoms with Gasteiger partial charge < -0.3 is 14.2 Å². The summed E-state index contributed by atoms with van der Waals surface area (Å²) >= 11 is 9.45. The number of carbonyl (C=O) groups is 3. The molecule has 12 heteroatoms. The lowest BCUT2D eigenvalue weighted by Crippen LogP contribution is -1.77. The Bertz CT molecular complexity index is 1800. The van der Waals surface area contributed by atoms with Crippen molar-refractivity contribution in [2.24, 2.45) is 0 Å². The molecule has 252 valence electrons. The van der Waals surface area contributed by atoms with Crippen LogP contribution in [-0.4, -0.2) is 40.2 Å². The summed E-state index contributed by atoms with van der Waals surface area (Å²) in [6, 6.07) is 12.5. The van der Waals surface area contributed by atoms with Crippen LogP contribution in [0.5, 0.6) is 15.2 Å². The minimum absolute atomic E-state index is 0.806. The molecule has 0 aliphatic carbocycles. The molecule has 0 spiro atoms. The van der Waals surface area contributed by atoms with Crippen LogP contribution in [0.3, 0.4) is 0 Å². The summed E-state index contributed by atoms with van der Waals surface area (Å²) in [5, 5.41) is 2.82. The molecule has 6 aromatic heterocycles. The van der Waals surface area contributed by atoms with E-state index < -0.39 is 0 Å². The molecule has 48 heavy (non-hydrogen) atoms. The normalized spacial score (nSPS) is 10.4. The number of rotatable bonds is 9. The lowest BCUT2D eigenvalue weighted by Gasteiger charge is -1.92. The molecule has 6 nitrogen and oxygen atoms in total. The molecule has 0 amide bonds. The average Bonchev–Trinajstić information content (AvgIpc) is 3.92. The highest BCUT2D eigenvalue weighted by atomic mass is 32.1. The predicted octanol–water partition coefficient (Wildman–Crippen LogP) is 11.7. The molecule has 0 bridgehead atoms. The van der Waals surface area contributed by atoms with Gasteiger partial charge in [-0.25, -0.2) is 0 Å². The highest BCUT2D eigenvalue weighted by Crippen LogP contribution is 2.42. The van der Waals surface area contributed by atoms with Gasteiger partial charge in [-0.2, -0.15) is 0 Å². The molecule has 0 fully saturated rings. The van der Waals surface area contributed by atoms with Crippen molar-refractivity contribution in [1.29, 1.82) is 0 Å². The van der Waals surface area contributed by atoms with E-state index in [1.165, 1.54) is 34.0 Å². The molecule has 0 saturated carbocycles. The standard InChI is InChI=1S/3C12H12O2S2/c3*1-7-4-9(15-11(7)6-13)10-5-8(2)12(14-3)16-10/h3*4-6H,1-3H3. The van der Waals surface area contributed by atoms with Crippen molar-refractivity contribution in [1.82, 2.24) is 0 Å². The molecular formula is C36H36O6S6. The Balaban J connectivity index is 0.000000163. The summed E-state index contributed by atoms with van der Waals surface area (Å²) in [6.07, 6.45) is 2.75. The van der Waals surface area contributed by atoms with E-state index in [1.807, 2.05) is 41.5 Å². The third-order valence-electron chi connectivity index (χ3n) is 7.09. The van der Waals surface area contributed by atoms with Crippen molar-refractivity contribution < 1.29 is 28.6 Å². The highest BCUT2D eigenvalue weighted by molar-refractivity contribution is 7.25. The first kappa shape index (κ1) is 37.4. The first-order chi connectivity index (χ1) is 23.0. The minimum Gasteiger partial charge on any atom is -0.487 e. The monoisotopic (exact) mass is 756 g/mol. The largest absolute Gasteiger partial charge is 0.487 e. The maximum Gasteiger partial charge on any atom is 0.176 e. The number of carbonyl (C=O) groups excluding carboxylic acids is 3. The smallest absolute Gasteiger partial charge is 0.176 e. The zero-order valence-electron chi connectivity index (χ0n) is 28.1. The third kappa shape index (κ3) is 8.60. The van der Waals surface area contributed by atoms with Crippen molar-refractivity contribution in [3.05, 3.63) is 84.4 Å². The van der Waals surface area contributed by atoms with Gasteiger partial charge in [-0.15, -0.1) is 34.0 Å². The maximum absolute atomic E-state index is 10.8. The first-order valence-electron chi connectivity index (χ1n) is 14.6. The lowest BCUT2D eigenvalue weighted by atomic mass is 10.2. The quantitative estimate of drug-likeness (QED) is 0.137. The second kappa shape index (κ2) is 16.8. The average molecular weight is 757 g/mol. The summed E-state index contributed by atoms with van der Waals surface area (Å²) in [6.45, 7) is 12.0. The van der Waals surface area contributed by atoms with Crippen LogP contribution in [-0.2, 0) is 0 Å². The molecule has 0 unspecified atom stereocenters. The Kier molecular flexibility index (Phi) is 13.1.